The quantitative estimate of drug-likeness (QED) is 0.841. The highest BCUT2D eigenvalue weighted by Gasteiger charge is 2.30. The van der Waals surface area contributed by atoms with Gasteiger partial charge in [-0.2, -0.15) is 4.31 Å². The van der Waals surface area contributed by atoms with Gasteiger partial charge < -0.3 is 4.90 Å². The maximum Gasteiger partial charge on any atom is 0.243 e. The highest BCUT2D eigenvalue weighted by molar-refractivity contribution is 7.89. The van der Waals surface area contributed by atoms with Gasteiger partial charge in [0.1, 0.15) is 5.82 Å². The van der Waals surface area contributed by atoms with Gasteiger partial charge in [-0.25, -0.2) is 12.8 Å². The van der Waals surface area contributed by atoms with Gasteiger partial charge >= 0.3 is 0 Å². The van der Waals surface area contributed by atoms with Gasteiger partial charge in [0.25, 0.3) is 0 Å². The van der Waals surface area contributed by atoms with Crippen LogP contribution >= 0.6 is 0 Å². The molecule has 0 bridgehead atoms. The number of halogens is 1. The molecule has 0 unspecified atom stereocenters. The maximum absolute atomic E-state index is 13.3. The Morgan fingerprint density at radius 2 is 1.56 bits per heavy atom. The topological polar surface area (TPSA) is 40.6 Å². The summed E-state index contributed by atoms with van der Waals surface area (Å²) < 4.78 is 40.5. The van der Waals surface area contributed by atoms with Gasteiger partial charge in [0.15, 0.2) is 0 Å². The molecule has 0 N–H and O–H groups in total. The Hall–Kier alpha value is -1.92. The number of hydrogen-bond acceptors (Lipinski definition) is 3. The molecule has 134 valence electrons. The minimum atomic E-state index is -3.59. The van der Waals surface area contributed by atoms with Crippen molar-refractivity contribution in [3.8, 4) is 0 Å². The van der Waals surface area contributed by atoms with Gasteiger partial charge in [-0.3, -0.25) is 0 Å². The van der Waals surface area contributed by atoms with Crippen LogP contribution in [0.25, 0.3) is 0 Å². The number of sulfonamides is 1. The van der Waals surface area contributed by atoms with Crippen molar-refractivity contribution in [2.24, 2.45) is 0 Å². The zero-order valence-corrected chi connectivity index (χ0v) is 15.6. The molecule has 1 aliphatic rings. The molecule has 1 saturated heterocycles. The minimum absolute atomic E-state index is 0.189. The fraction of sp³-hybridized carbons (Fsp3) is 0.368. The molecule has 0 spiro atoms. The van der Waals surface area contributed by atoms with Crippen molar-refractivity contribution in [3.05, 3.63) is 58.9 Å². The second-order valence-electron chi connectivity index (χ2n) is 6.59. The first-order chi connectivity index (χ1) is 11.8. The summed E-state index contributed by atoms with van der Waals surface area (Å²) in [6.07, 6.45) is 0. The van der Waals surface area contributed by atoms with Crippen LogP contribution in [0.5, 0.6) is 0 Å². The summed E-state index contributed by atoms with van der Waals surface area (Å²) in [6.45, 7) is 7.90. The smallest absolute Gasteiger partial charge is 0.243 e. The molecule has 4 nitrogen and oxygen atoms in total. The van der Waals surface area contributed by atoms with Crippen molar-refractivity contribution >= 4 is 15.7 Å². The third-order valence-corrected chi connectivity index (χ3v) is 6.75. The Morgan fingerprint density at radius 3 is 2.16 bits per heavy atom. The van der Waals surface area contributed by atoms with Crippen molar-refractivity contribution in [2.45, 2.75) is 25.7 Å². The first kappa shape index (κ1) is 17.9. The van der Waals surface area contributed by atoms with E-state index in [0.717, 1.165) is 5.69 Å². The van der Waals surface area contributed by atoms with Gasteiger partial charge in [0, 0.05) is 31.9 Å². The van der Waals surface area contributed by atoms with Gasteiger partial charge in [-0.1, -0.05) is 17.7 Å². The number of aryl methyl sites for hydroxylation is 3. The lowest BCUT2D eigenvalue weighted by Gasteiger charge is -2.36. The lowest BCUT2D eigenvalue weighted by molar-refractivity contribution is 0.384. The maximum atomic E-state index is 13.3. The first-order valence-electron chi connectivity index (χ1n) is 8.37. The Balaban J connectivity index is 1.77. The van der Waals surface area contributed by atoms with Gasteiger partial charge in [0.2, 0.25) is 10.0 Å². The molecule has 25 heavy (non-hydrogen) atoms. The predicted molar refractivity (Wildman–Crippen MR) is 98.0 cm³/mol. The molecule has 0 aliphatic carbocycles. The van der Waals surface area contributed by atoms with Gasteiger partial charge in [0.05, 0.1) is 4.90 Å². The monoisotopic (exact) mass is 362 g/mol. The summed E-state index contributed by atoms with van der Waals surface area (Å²) in [5.74, 6) is -0.420. The molecule has 6 heteroatoms. The lowest BCUT2D eigenvalue weighted by atomic mass is 10.1. The number of anilines is 1. The minimum Gasteiger partial charge on any atom is -0.369 e. The average Bonchev–Trinajstić information content (AvgIpc) is 2.54. The van der Waals surface area contributed by atoms with Crippen LogP contribution in [-0.4, -0.2) is 38.9 Å². The largest absolute Gasteiger partial charge is 0.369 e. The van der Waals surface area contributed by atoms with E-state index in [4.69, 9.17) is 0 Å². The Morgan fingerprint density at radius 1 is 0.880 bits per heavy atom. The van der Waals surface area contributed by atoms with E-state index in [0.29, 0.717) is 31.7 Å². The molecule has 0 amide bonds. The van der Waals surface area contributed by atoms with E-state index in [2.05, 4.69) is 36.9 Å². The van der Waals surface area contributed by atoms with E-state index in [9.17, 15) is 12.8 Å². The summed E-state index contributed by atoms with van der Waals surface area (Å²) in [5, 5.41) is 0. The first-order valence-corrected chi connectivity index (χ1v) is 9.81. The molecule has 2 aromatic carbocycles. The van der Waals surface area contributed by atoms with Crippen LogP contribution in [0, 0.1) is 26.6 Å². The van der Waals surface area contributed by atoms with Gasteiger partial charge in [-0.15, -0.1) is 0 Å². The Labute approximate surface area is 148 Å². The van der Waals surface area contributed by atoms with Crippen molar-refractivity contribution in [1.29, 1.82) is 0 Å². The third-order valence-electron chi connectivity index (χ3n) is 4.69. The van der Waals surface area contributed by atoms with Crippen molar-refractivity contribution < 1.29 is 12.8 Å². The fourth-order valence-electron chi connectivity index (χ4n) is 3.37. The number of hydrogen-bond donors (Lipinski definition) is 0. The summed E-state index contributed by atoms with van der Waals surface area (Å²) in [7, 11) is -3.59. The second kappa shape index (κ2) is 6.77. The molecule has 1 aliphatic heterocycles. The molecule has 0 radical (unpaired) electrons. The Kier molecular flexibility index (Phi) is 4.84. The van der Waals surface area contributed by atoms with Crippen LogP contribution in [0.15, 0.2) is 41.3 Å². The van der Waals surface area contributed by atoms with E-state index < -0.39 is 15.8 Å². The number of benzene rings is 2. The van der Waals surface area contributed by atoms with Crippen molar-refractivity contribution in [3.63, 3.8) is 0 Å². The Bertz CT molecular complexity index is 888. The van der Waals surface area contributed by atoms with Crippen LogP contribution in [-0.2, 0) is 10.0 Å². The fourth-order valence-corrected chi connectivity index (χ4v) is 5.00. The molecule has 1 fully saturated rings. The molecular weight excluding hydrogens is 339 g/mol. The molecule has 1 heterocycles. The summed E-state index contributed by atoms with van der Waals surface area (Å²) in [6, 6.07) is 10.1. The van der Waals surface area contributed by atoms with Crippen LogP contribution in [0.3, 0.4) is 0 Å². The molecule has 0 aromatic heterocycles. The summed E-state index contributed by atoms with van der Waals surface area (Å²) in [4.78, 5) is 2.41. The van der Waals surface area contributed by atoms with Crippen molar-refractivity contribution in [1.82, 2.24) is 4.31 Å². The van der Waals surface area contributed by atoms with Crippen LogP contribution in [0.1, 0.15) is 16.7 Å². The highest BCUT2D eigenvalue weighted by Crippen LogP contribution is 2.26. The normalized spacial score (nSPS) is 16.2. The van der Waals surface area contributed by atoms with Crippen LogP contribution in [0.2, 0.25) is 0 Å². The van der Waals surface area contributed by atoms with Crippen LogP contribution in [0.4, 0.5) is 10.1 Å². The average molecular weight is 362 g/mol. The zero-order chi connectivity index (χ0) is 18.2. The highest BCUT2D eigenvalue weighted by atomic mass is 32.2. The third kappa shape index (κ3) is 3.55. The van der Waals surface area contributed by atoms with E-state index in [-0.39, 0.29) is 4.90 Å². The van der Waals surface area contributed by atoms with Crippen molar-refractivity contribution in [2.75, 3.05) is 31.1 Å². The number of piperazine rings is 1. The molecule has 0 saturated carbocycles. The zero-order valence-electron chi connectivity index (χ0n) is 14.8. The predicted octanol–water partition coefficient (Wildman–Crippen LogP) is 3.26. The number of nitrogens with zero attached hydrogens (tertiary/aromatic N) is 2. The second-order valence-corrected chi connectivity index (χ2v) is 8.50. The van der Waals surface area contributed by atoms with Crippen LogP contribution < -0.4 is 4.90 Å². The molecular formula is C19H23FN2O2S. The van der Waals surface area contributed by atoms with E-state index >= 15 is 0 Å². The van der Waals surface area contributed by atoms with Gasteiger partial charge in [-0.05, 0) is 56.2 Å². The SMILES string of the molecule is Cc1ccc(N2CCN(S(=O)(=O)c3ccc(F)cc3C)CC2)c(C)c1. The molecule has 0 atom stereocenters. The summed E-state index contributed by atoms with van der Waals surface area (Å²) in [5.41, 5.74) is 4.01. The number of rotatable bonds is 3. The summed E-state index contributed by atoms with van der Waals surface area (Å²) >= 11 is 0. The molecule has 3 rings (SSSR count). The van der Waals surface area contributed by atoms with E-state index in [1.54, 1.807) is 6.92 Å². The van der Waals surface area contributed by atoms with E-state index in [1.807, 2.05) is 0 Å². The standard InChI is InChI=1S/C19H23FN2O2S/c1-14-4-6-18(15(2)12-14)21-8-10-22(11-9-21)25(23,24)19-7-5-17(20)13-16(19)3/h4-7,12-13H,8-11H2,1-3H3. The lowest BCUT2D eigenvalue weighted by Crippen LogP contribution is -2.49. The van der Waals surface area contributed by atoms with E-state index in [1.165, 1.54) is 33.6 Å². The molecule has 2 aromatic rings.